The lowest BCUT2D eigenvalue weighted by molar-refractivity contribution is -0.137. The van der Waals surface area contributed by atoms with Gasteiger partial charge in [0.1, 0.15) is 6.54 Å². The van der Waals surface area contributed by atoms with E-state index in [4.69, 9.17) is 0 Å². The molecule has 1 saturated heterocycles. The molecule has 1 fully saturated rings. The summed E-state index contributed by atoms with van der Waals surface area (Å²) in [5.74, 6) is -0.0548. The lowest BCUT2D eigenvalue weighted by Gasteiger charge is -2.13. The first-order chi connectivity index (χ1) is 10.9. The molecule has 0 unspecified atom stereocenters. The Morgan fingerprint density at radius 1 is 1.22 bits per heavy atom. The van der Waals surface area contributed by atoms with Gasteiger partial charge in [-0.2, -0.15) is 18.0 Å². The molecule has 1 amide bonds. The van der Waals surface area contributed by atoms with E-state index in [1.165, 1.54) is 12.1 Å². The van der Waals surface area contributed by atoms with Crippen molar-refractivity contribution in [3.05, 3.63) is 29.8 Å². The first kappa shape index (κ1) is 15.4. The van der Waals surface area contributed by atoms with Crippen molar-refractivity contribution in [3.63, 3.8) is 0 Å². The summed E-state index contributed by atoms with van der Waals surface area (Å²) >= 11 is 0. The predicted octanol–water partition coefficient (Wildman–Crippen LogP) is 1.98. The highest BCUT2D eigenvalue weighted by Crippen LogP contribution is 2.31. The van der Waals surface area contributed by atoms with E-state index in [1.54, 1.807) is 4.90 Å². The van der Waals surface area contributed by atoms with Gasteiger partial charge in [0.15, 0.2) is 0 Å². The van der Waals surface area contributed by atoms with E-state index >= 15 is 0 Å². The lowest BCUT2D eigenvalue weighted by atomic mass is 10.1. The zero-order valence-corrected chi connectivity index (χ0v) is 12.1. The summed E-state index contributed by atoms with van der Waals surface area (Å²) in [5.41, 5.74) is -0.570. The van der Waals surface area contributed by atoms with Crippen molar-refractivity contribution in [3.8, 4) is 11.4 Å². The van der Waals surface area contributed by atoms with E-state index < -0.39 is 11.7 Å². The van der Waals surface area contributed by atoms with Crippen LogP contribution < -0.4 is 0 Å². The van der Waals surface area contributed by atoms with Crippen molar-refractivity contribution in [1.29, 1.82) is 0 Å². The van der Waals surface area contributed by atoms with Gasteiger partial charge in [-0.1, -0.05) is 12.1 Å². The molecule has 0 spiro atoms. The number of rotatable bonds is 3. The minimum Gasteiger partial charge on any atom is -0.341 e. The fourth-order valence-corrected chi connectivity index (χ4v) is 2.45. The van der Waals surface area contributed by atoms with Crippen LogP contribution in [0.25, 0.3) is 11.4 Å². The highest BCUT2D eigenvalue weighted by atomic mass is 19.4. The molecule has 2 heterocycles. The smallest absolute Gasteiger partial charge is 0.341 e. The number of likely N-dealkylation sites (tertiary alicyclic amines) is 1. The normalized spacial score (nSPS) is 15.2. The Bertz CT molecular complexity index is 706. The van der Waals surface area contributed by atoms with Crippen molar-refractivity contribution >= 4 is 5.91 Å². The zero-order valence-electron chi connectivity index (χ0n) is 12.1. The molecule has 6 nitrogen and oxygen atoms in total. The maximum Gasteiger partial charge on any atom is 0.416 e. The molecule has 0 radical (unpaired) electrons. The average Bonchev–Trinajstić information content (AvgIpc) is 3.18. The number of amides is 1. The van der Waals surface area contributed by atoms with Crippen LogP contribution in [0.4, 0.5) is 13.2 Å². The summed E-state index contributed by atoms with van der Waals surface area (Å²) in [6.07, 6.45) is -2.48. The Balaban J connectivity index is 1.75. The van der Waals surface area contributed by atoms with E-state index in [2.05, 4.69) is 15.4 Å². The van der Waals surface area contributed by atoms with Gasteiger partial charge in [-0.15, -0.1) is 10.2 Å². The number of halogens is 3. The molecule has 0 atom stereocenters. The summed E-state index contributed by atoms with van der Waals surface area (Å²) in [7, 11) is 0. The Morgan fingerprint density at radius 3 is 2.65 bits per heavy atom. The molecular weight excluding hydrogens is 311 g/mol. The summed E-state index contributed by atoms with van der Waals surface area (Å²) in [5, 5.41) is 11.5. The average molecular weight is 325 g/mol. The second-order valence-corrected chi connectivity index (χ2v) is 5.31. The topological polar surface area (TPSA) is 63.9 Å². The number of aromatic nitrogens is 4. The van der Waals surface area contributed by atoms with Gasteiger partial charge in [0.2, 0.25) is 11.7 Å². The number of carbonyl (C=O) groups excluding carboxylic acids is 1. The van der Waals surface area contributed by atoms with E-state index in [0.29, 0.717) is 13.1 Å². The van der Waals surface area contributed by atoms with E-state index in [1.807, 2.05) is 0 Å². The van der Waals surface area contributed by atoms with Crippen LogP contribution in [-0.2, 0) is 17.5 Å². The second-order valence-electron chi connectivity index (χ2n) is 5.31. The van der Waals surface area contributed by atoms with Crippen LogP contribution >= 0.6 is 0 Å². The van der Waals surface area contributed by atoms with Crippen molar-refractivity contribution in [2.45, 2.75) is 25.6 Å². The maximum absolute atomic E-state index is 12.7. The van der Waals surface area contributed by atoms with E-state index in [9.17, 15) is 18.0 Å². The molecule has 23 heavy (non-hydrogen) atoms. The van der Waals surface area contributed by atoms with Crippen LogP contribution in [0.1, 0.15) is 18.4 Å². The second kappa shape index (κ2) is 5.98. The minimum absolute atomic E-state index is 0.0605. The molecule has 1 aliphatic heterocycles. The molecule has 0 aliphatic carbocycles. The van der Waals surface area contributed by atoms with Crippen LogP contribution in [0.5, 0.6) is 0 Å². The van der Waals surface area contributed by atoms with Crippen molar-refractivity contribution < 1.29 is 18.0 Å². The fourth-order valence-electron chi connectivity index (χ4n) is 2.45. The summed E-state index contributed by atoms with van der Waals surface area (Å²) < 4.78 is 38.2. The van der Waals surface area contributed by atoms with Gasteiger partial charge >= 0.3 is 6.18 Å². The number of nitrogens with zero attached hydrogens (tertiary/aromatic N) is 5. The quantitative estimate of drug-likeness (QED) is 0.866. The lowest BCUT2D eigenvalue weighted by Crippen LogP contribution is -2.31. The standard InChI is InChI=1S/C14H14F3N5O/c15-14(16,17)11-5-3-4-10(8-11)13-18-20-22(19-13)9-12(23)21-6-1-2-7-21/h3-5,8H,1-2,6-7,9H2. The molecule has 9 heteroatoms. The van der Waals surface area contributed by atoms with Gasteiger partial charge in [-0.3, -0.25) is 4.79 Å². The third kappa shape index (κ3) is 3.49. The van der Waals surface area contributed by atoms with Gasteiger partial charge in [-0.05, 0) is 30.2 Å². The number of hydrogen-bond acceptors (Lipinski definition) is 4. The number of hydrogen-bond donors (Lipinski definition) is 0. The van der Waals surface area contributed by atoms with Crippen LogP contribution in [0.15, 0.2) is 24.3 Å². The third-order valence-corrected chi connectivity index (χ3v) is 3.64. The monoisotopic (exact) mass is 325 g/mol. The van der Waals surface area contributed by atoms with Crippen LogP contribution in [-0.4, -0.2) is 44.1 Å². The van der Waals surface area contributed by atoms with Crippen LogP contribution in [0.2, 0.25) is 0 Å². The SMILES string of the molecule is O=C(Cn1nnc(-c2cccc(C(F)(F)F)c2)n1)N1CCCC1. The number of alkyl halides is 3. The highest BCUT2D eigenvalue weighted by molar-refractivity contribution is 5.76. The largest absolute Gasteiger partial charge is 0.416 e. The molecular formula is C14H14F3N5O. The van der Waals surface area contributed by atoms with Crippen molar-refractivity contribution in [2.75, 3.05) is 13.1 Å². The van der Waals surface area contributed by atoms with Crippen molar-refractivity contribution in [1.82, 2.24) is 25.1 Å². The number of benzene rings is 1. The fraction of sp³-hybridized carbons (Fsp3) is 0.429. The molecule has 2 aromatic rings. The van der Waals surface area contributed by atoms with E-state index in [0.717, 1.165) is 29.8 Å². The summed E-state index contributed by atoms with van der Waals surface area (Å²) in [6.45, 7) is 1.37. The van der Waals surface area contributed by atoms with Crippen LogP contribution in [0, 0.1) is 0 Å². The molecule has 1 aromatic heterocycles. The minimum atomic E-state index is -4.43. The summed E-state index contributed by atoms with van der Waals surface area (Å²) in [4.78, 5) is 14.8. The predicted molar refractivity (Wildman–Crippen MR) is 74.1 cm³/mol. The summed E-state index contributed by atoms with van der Waals surface area (Å²) in [6, 6.07) is 4.70. The van der Waals surface area contributed by atoms with Gasteiger partial charge in [-0.25, -0.2) is 0 Å². The Kier molecular flexibility index (Phi) is 4.01. The highest BCUT2D eigenvalue weighted by Gasteiger charge is 2.30. The zero-order chi connectivity index (χ0) is 16.4. The first-order valence-electron chi connectivity index (χ1n) is 7.17. The number of tetrazole rings is 1. The van der Waals surface area contributed by atoms with Gasteiger partial charge < -0.3 is 4.90 Å². The Hall–Kier alpha value is -2.45. The molecule has 3 rings (SSSR count). The molecule has 1 aliphatic rings. The van der Waals surface area contributed by atoms with Crippen LogP contribution in [0.3, 0.4) is 0 Å². The third-order valence-electron chi connectivity index (χ3n) is 3.64. The molecule has 0 saturated carbocycles. The van der Waals surface area contributed by atoms with E-state index in [-0.39, 0.29) is 23.8 Å². The van der Waals surface area contributed by atoms with Crippen molar-refractivity contribution in [2.24, 2.45) is 0 Å². The Labute approximate surface area is 129 Å². The molecule has 0 bridgehead atoms. The van der Waals surface area contributed by atoms with Gasteiger partial charge in [0.25, 0.3) is 0 Å². The first-order valence-corrected chi connectivity index (χ1v) is 7.17. The molecule has 1 aromatic carbocycles. The van der Waals surface area contributed by atoms with Gasteiger partial charge in [0.05, 0.1) is 5.56 Å². The molecule has 122 valence electrons. The Morgan fingerprint density at radius 2 is 1.96 bits per heavy atom. The maximum atomic E-state index is 12.7. The number of carbonyl (C=O) groups is 1. The van der Waals surface area contributed by atoms with Gasteiger partial charge in [0, 0.05) is 18.7 Å². The molecule has 0 N–H and O–H groups in total.